The first-order valence-electron chi connectivity index (χ1n) is 11.1. The van der Waals surface area contributed by atoms with Gasteiger partial charge in [-0.25, -0.2) is 18.7 Å². The van der Waals surface area contributed by atoms with Gasteiger partial charge < -0.3 is 9.47 Å². The first kappa shape index (κ1) is 31.7. The highest BCUT2D eigenvalue weighted by atomic mass is 35.5. The summed E-state index contributed by atoms with van der Waals surface area (Å²) in [5.74, 6) is -1.60. The molecule has 3 rings (SSSR count). The van der Waals surface area contributed by atoms with E-state index in [4.69, 9.17) is 46.4 Å². The van der Waals surface area contributed by atoms with Crippen molar-refractivity contribution in [1.29, 1.82) is 0 Å². The Morgan fingerprint density at radius 1 is 0.805 bits per heavy atom. The number of hydrogen-bond acceptors (Lipinski definition) is 8. The topological polar surface area (TPSA) is 167 Å². The zero-order chi connectivity index (χ0) is 30.4. The Balaban J connectivity index is 1.65. The average Bonchev–Trinajstić information content (AvgIpc) is 3.37. The number of rotatable bonds is 8. The molecule has 41 heavy (non-hydrogen) atoms. The number of amides is 4. The minimum Gasteiger partial charge on any atom is -0.453 e. The van der Waals surface area contributed by atoms with E-state index in [0.29, 0.717) is 10.1 Å². The molecule has 4 amide bonds. The fraction of sp³-hybridized carbons (Fsp3) is 0.174. The summed E-state index contributed by atoms with van der Waals surface area (Å²) < 4.78 is 11.7. The van der Waals surface area contributed by atoms with E-state index in [9.17, 15) is 29.6 Å². The van der Waals surface area contributed by atoms with E-state index in [0.717, 1.165) is 14.2 Å². The van der Waals surface area contributed by atoms with Crippen LogP contribution < -0.4 is 25.3 Å². The summed E-state index contributed by atoms with van der Waals surface area (Å²) in [6, 6.07) is 4.82. The van der Waals surface area contributed by atoms with Gasteiger partial charge in [-0.1, -0.05) is 46.4 Å². The van der Waals surface area contributed by atoms with Crippen LogP contribution in [0.3, 0.4) is 0 Å². The quantitative estimate of drug-likeness (QED) is 0.156. The van der Waals surface area contributed by atoms with Gasteiger partial charge >= 0.3 is 12.2 Å². The Labute approximate surface area is 252 Å². The molecule has 14 nitrogen and oxygen atoms in total. The van der Waals surface area contributed by atoms with Crippen LogP contribution in [0.15, 0.2) is 43.0 Å². The first-order chi connectivity index (χ1) is 19.3. The van der Waals surface area contributed by atoms with Crippen LogP contribution in [0.2, 0.25) is 20.1 Å². The van der Waals surface area contributed by atoms with Gasteiger partial charge in [0.05, 0.1) is 57.1 Å². The standard InChI is InChI=1S/C23H20Cl4N6O8/c1-40-22(36)28-20-14(24)5-12(6-15(20)25)32(38)18(34)9-30-3-4-31(11-30)10-19(35)33(39)13-7-16(26)21(17(27)8-13)29-23(37)41-2/h3-8,11,38-39H,9-10H2,1-2H3,(H-,28,29,36,37)/p+1. The maximum Gasteiger partial charge on any atom is 0.411 e. The number of nitrogens with zero attached hydrogens (tertiary/aromatic N) is 4. The normalized spacial score (nSPS) is 10.5. The molecule has 0 spiro atoms. The van der Waals surface area contributed by atoms with Gasteiger partial charge in [0.15, 0.2) is 13.1 Å². The summed E-state index contributed by atoms with van der Waals surface area (Å²) in [4.78, 5) is 48.2. The van der Waals surface area contributed by atoms with E-state index in [-0.39, 0.29) is 55.9 Å². The van der Waals surface area contributed by atoms with Crippen molar-refractivity contribution in [2.45, 2.75) is 13.1 Å². The SMILES string of the molecule is COC(=O)Nc1c(Cl)cc(N(O)C(=O)Cn2cc[n+](CC(=O)N(O)c3cc(Cl)c(NC(=O)OC)c(Cl)c3)c2)cc1Cl. The van der Waals surface area contributed by atoms with Crippen molar-refractivity contribution >= 4 is 93.2 Å². The first-order valence-corrected chi connectivity index (χ1v) is 12.6. The van der Waals surface area contributed by atoms with Crippen molar-refractivity contribution in [3.63, 3.8) is 0 Å². The summed E-state index contributed by atoms with van der Waals surface area (Å²) in [5, 5.41) is 25.8. The van der Waals surface area contributed by atoms with Crippen molar-refractivity contribution in [3.8, 4) is 0 Å². The maximum atomic E-state index is 12.6. The molecule has 0 atom stereocenters. The lowest BCUT2D eigenvalue weighted by atomic mass is 10.2. The van der Waals surface area contributed by atoms with Gasteiger partial charge in [-0.15, -0.1) is 0 Å². The van der Waals surface area contributed by atoms with E-state index in [1.807, 2.05) is 0 Å². The Bertz CT molecular complexity index is 1350. The van der Waals surface area contributed by atoms with Crippen LogP contribution in [0, 0.1) is 0 Å². The summed E-state index contributed by atoms with van der Waals surface area (Å²) in [7, 11) is 2.30. The van der Waals surface area contributed by atoms with Crippen molar-refractivity contribution in [3.05, 3.63) is 63.1 Å². The van der Waals surface area contributed by atoms with E-state index in [2.05, 4.69) is 20.1 Å². The van der Waals surface area contributed by atoms with Gasteiger partial charge in [-0.2, -0.15) is 10.1 Å². The lowest BCUT2D eigenvalue weighted by Crippen LogP contribution is -2.43. The molecule has 0 aliphatic rings. The molecule has 4 N–H and O–H groups in total. The summed E-state index contributed by atoms with van der Waals surface area (Å²) in [5.41, 5.74) is -0.0947. The third-order valence-electron chi connectivity index (χ3n) is 5.22. The van der Waals surface area contributed by atoms with Crippen molar-refractivity contribution in [1.82, 2.24) is 4.57 Å². The number of hydrogen-bond donors (Lipinski definition) is 4. The van der Waals surface area contributed by atoms with Gasteiger partial charge in [0.1, 0.15) is 12.4 Å². The number of imidazole rings is 1. The Morgan fingerprint density at radius 2 is 1.22 bits per heavy atom. The number of halogens is 4. The molecule has 0 fully saturated rings. The summed E-state index contributed by atoms with van der Waals surface area (Å²) in [6.07, 6.45) is 2.64. The number of carbonyl (C=O) groups is 4. The molecule has 1 heterocycles. The molecule has 0 bridgehead atoms. The molecule has 3 aromatic rings. The third kappa shape index (κ3) is 7.91. The van der Waals surface area contributed by atoms with Crippen LogP contribution in [0.4, 0.5) is 32.3 Å². The predicted molar refractivity (Wildman–Crippen MR) is 148 cm³/mol. The minimum atomic E-state index is -0.819. The molecule has 2 aromatic carbocycles. The molecule has 0 aliphatic heterocycles. The number of nitrogens with one attached hydrogen (secondary N) is 2. The van der Waals surface area contributed by atoms with Crippen molar-refractivity contribution < 1.29 is 43.6 Å². The van der Waals surface area contributed by atoms with Gasteiger partial charge in [-0.3, -0.25) is 30.6 Å². The van der Waals surface area contributed by atoms with E-state index < -0.39 is 24.0 Å². The smallest absolute Gasteiger partial charge is 0.411 e. The van der Waals surface area contributed by atoms with E-state index in [1.165, 1.54) is 52.1 Å². The van der Waals surface area contributed by atoms with E-state index in [1.54, 1.807) is 0 Å². The van der Waals surface area contributed by atoms with Crippen LogP contribution in [0.1, 0.15) is 0 Å². The molecule has 218 valence electrons. The van der Waals surface area contributed by atoms with Crippen LogP contribution in [0.5, 0.6) is 0 Å². The fourth-order valence-electron chi connectivity index (χ4n) is 3.27. The number of aromatic nitrogens is 2. The van der Waals surface area contributed by atoms with Gasteiger partial charge in [0.25, 0.3) is 11.8 Å². The van der Waals surface area contributed by atoms with Gasteiger partial charge in [-0.05, 0) is 24.3 Å². The van der Waals surface area contributed by atoms with Crippen LogP contribution in [0.25, 0.3) is 0 Å². The summed E-state index contributed by atoms with van der Waals surface area (Å²) >= 11 is 24.4. The molecule has 0 radical (unpaired) electrons. The second-order valence-electron chi connectivity index (χ2n) is 7.97. The van der Waals surface area contributed by atoms with Crippen LogP contribution >= 0.6 is 46.4 Å². The summed E-state index contributed by atoms with van der Waals surface area (Å²) in [6.45, 7) is -0.727. The van der Waals surface area contributed by atoms with Crippen molar-refractivity contribution in [2.24, 2.45) is 0 Å². The Kier molecular flexibility index (Phi) is 10.6. The van der Waals surface area contributed by atoms with Gasteiger partial charge in [0, 0.05) is 0 Å². The minimum absolute atomic E-state index is 0.0252. The fourth-order valence-corrected chi connectivity index (χ4v) is 4.41. The number of methoxy groups -OCH3 is 2. The number of carbonyl (C=O) groups excluding carboxylic acids is 4. The number of anilines is 4. The van der Waals surface area contributed by atoms with Crippen LogP contribution in [-0.2, 0) is 32.2 Å². The molecular weight excluding hydrogens is 630 g/mol. The molecule has 0 saturated heterocycles. The number of ether oxygens (including phenoxy) is 2. The highest BCUT2D eigenvalue weighted by Crippen LogP contribution is 2.36. The molecule has 1 aromatic heterocycles. The van der Waals surface area contributed by atoms with Crippen molar-refractivity contribution in [2.75, 3.05) is 35.0 Å². The molecule has 0 aliphatic carbocycles. The number of hydroxylamine groups is 2. The molecule has 0 unspecified atom stereocenters. The Hall–Kier alpha value is -3.79. The zero-order valence-electron chi connectivity index (χ0n) is 21.1. The maximum absolute atomic E-state index is 12.6. The predicted octanol–water partition coefficient (Wildman–Crippen LogP) is 4.59. The molecule has 18 heteroatoms. The van der Waals surface area contributed by atoms with Gasteiger partial charge in [0.2, 0.25) is 6.33 Å². The average molecular weight is 651 g/mol. The third-order valence-corrected chi connectivity index (χ3v) is 6.41. The lowest BCUT2D eigenvalue weighted by molar-refractivity contribution is -0.683. The highest BCUT2D eigenvalue weighted by molar-refractivity contribution is 6.41. The highest BCUT2D eigenvalue weighted by Gasteiger charge is 2.23. The van der Waals surface area contributed by atoms with Crippen LogP contribution in [-0.4, -0.2) is 53.2 Å². The lowest BCUT2D eigenvalue weighted by Gasteiger charge is -2.17. The second kappa shape index (κ2) is 13.7. The monoisotopic (exact) mass is 649 g/mol. The Morgan fingerprint density at radius 3 is 1.63 bits per heavy atom. The number of benzene rings is 2. The van der Waals surface area contributed by atoms with E-state index >= 15 is 0 Å². The molecular formula is C23H21Cl4N6O8+. The largest absolute Gasteiger partial charge is 0.453 e. The second-order valence-corrected chi connectivity index (χ2v) is 9.60. The zero-order valence-corrected chi connectivity index (χ0v) is 24.1. The molecule has 0 saturated carbocycles.